The summed E-state index contributed by atoms with van der Waals surface area (Å²) in [5.74, 6) is 0.0290. The molecule has 1 aliphatic heterocycles. The van der Waals surface area contributed by atoms with E-state index in [4.69, 9.17) is 0 Å². The Morgan fingerprint density at radius 2 is 2.00 bits per heavy atom. The number of aromatic nitrogens is 4. The van der Waals surface area contributed by atoms with Crippen LogP contribution in [0.4, 0.5) is 5.69 Å². The summed E-state index contributed by atoms with van der Waals surface area (Å²) in [5, 5.41) is 13.9. The maximum atomic E-state index is 12.4. The van der Waals surface area contributed by atoms with Crippen LogP contribution in [0.25, 0.3) is 5.69 Å². The Bertz CT molecular complexity index is 807. The summed E-state index contributed by atoms with van der Waals surface area (Å²) in [6.07, 6.45) is 2.30. The van der Waals surface area contributed by atoms with Gasteiger partial charge in [0, 0.05) is 10.6 Å². The van der Waals surface area contributed by atoms with E-state index in [-0.39, 0.29) is 11.2 Å². The molecule has 6 nitrogen and oxygen atoms in total. The first-order valence-electron chi connectivity index (χ1n) is 7.18. The van der Waals surface area contributed by atoms with Crippen LogP contribution in [0.2, 0.25) is 0 Å². The zero-order valence-electron chi connectivity index (χ0n) is 12.1. The molecule has 0 unspecified atom stereocenters. The number of amides is 1. The SMILES string of the molecule is O=C(Nc1ccc(-n2cnnn2)cc1)[C@H]1Cc2ccccc2S1. The minimum Gasteiger partial charge on any atom is -0.325 e. The van der Waals surface area contributed by atoms with E-state index in [1.54, 1.807) is 16.4 Å². The average molecular weight is 323 g/mol. The van der Waals surface area contributed by atoms with Crippen molar-refractivity contribution >= 4 is 23.4 Å². The molecule has 0 bridgehead atoms. The highest BCUT2D eigenvalue weighted by molar-refractivity contribution is 8.01. The van der Waals surface area contributed by atoms with Crippen molar-refractivity contribution in [2.45, 2.75) is 16.6 Å². The van der Waals surface area contributed by atoms with Gasteiger partial charge in [0.25, 0.3) is 0 Å². The Morgan fingerprint density at radius 1 is 1.17 bits per heavy atom. The summed E-state index contributed by atoms with van der Waals surface area (Å²) in [7, 11) is 0. The van der Waals surface area contributed by atoms with Crippen LogP contribution < -0.4 is 5.32 Å². The number of nitrogens with one attached hydrogen (secondary N) is 1. The molecule has 0 spiro atoms. The molecular formula is C16H13N5OS. The molecule has 2 aromatic carbocycles. The second-order valence-electron chi connectivity index (χ2n) is 5.21. The highest BCUT2D eigenvalue weighted by Crippen LogP contribution is 2.37. The fraction of sp³-hybridized carbons (Fsp3) is 0.125. The van der Waals surface area contributed by atoms with Crippen LogP contribution in [0.5, 0.6) is 0 Å². The summed E-state index contributed by atoms with van der Waals surface area (Å²) in [6.45, 7) is 0. The number of hydrogen-bond donors (Lipinski definition) is 1. The average Bonchev–Trinajstić information content (AvgIpc) is 3.25. The Balaban J connectivity index is 1.44. The third-order valence-corrected chi connectivity index (χ3v) is 5.01. The van der Waals surface area contributed by atoms with Crippen molar-refractivity contribution in [1.82, 2.24) is 20.2 Å². The van der Waals surface area contributed by atoms with Gasteiger partial charge in [-0.05, 0) is 52.7 Å². The molecule has 3 aromatic rings. The summed E-state index contributed by atoms with van der Waals surface area (Å²) in [4.78, 5) is 13.6. The summed E-state index contributed by atoms with van der Waals surface area (Å²) >= 11 is 1.62. The van der Waals surface area contributed by atoms with Crippen LogP contribution in [0, 0.1) is 0 Å². The molecule has 0 fully saturated rings. The minimum absolute atomic E-state index is 0.0290. The Labute approximate surface area is 136 Å². The van der Waals surface area contributed by atoms with E-state index in [0.717, 1.165) is 17.8 Å². The van der Waals surface area contributed by atoms with Crippen LogP contribution in [-0.4, -0.2) is 31.4 Å². The number of thioether (sulfide) groups is 1. The topological polar surface area (TPSA) is 72.7 Å². The van der Waals surface area contributed by atoms with Crippen molar-refractivity contribution in [2.24, 2.45) is 0 Å². The highest BCUT2D eigenvalue weighted by Gasteiger charge is 2.27. The van der Waals surface area contributed by atoms with Gasteiger partial charge in [0.15, 0.2) is 0 Å². The van der Waals surface area contributed by atoms with E-state index in [0.29, 0.717) is 0 Å². The van der Waals surface area contributed by atoms with E-state index in [1.165, 1.54) is 16.8 Å². The zero-order chi connectivity index (χ0) is 15.6. The molecule has 1 N–H and O–H groups in total. The number of nitrogens with zero attached hydrogens (tertiary/aromatic N) is 4. The first-order valence-corrected chi connectivity index (χ1v) is 8.06. The van der Waals surface area contributed by atoms with Crippen molar-refractivity contribution in [3.63, 3.8) is 0 Å². The van der Waals surface area contributed by atoms with E-state index in [1.807, 2.05) is 36.4 Å². The fourth-order valence-corrected chi connectivity index (χ4v) is 3.72. The predicted molar refractivity (Wildman–Crippen MR) is 87.6 cm³/mol. The summed E-state index contributed by atoms with van der Waals surface area (Å²) in [6, 6.07) is 15.6. The van der Waals surface area contributed by atoms with Gasteiger partial charge >= 0.3 is 0 Å². The van der Waals surface area contributed by atoms with E-state index in [9.17, 15) is 4.79 Å². The smallest absolute Gasteiger partial charge is 0.238 e. The Hall–Kier alpha value is -2.67. The molecule has 1 aliphatic rings. The molecule has 1 aromatic heterocycles. The number of fused-ring (bicyclic) bond motifs is 1. The zero-order valence-corrected chi connectivity index (χ0v) is 12.9. The molecule has 114 valence electrons. The molecule has 7 heteroatoms. The van der Waals surface area contributed by atoms with Crippen molar-refractivity contribution in [3.8, 4) is 5.69 Å². The normalized spacial score (nSPS) is 16.1. The second kappa shape index (κ2) is 5.85. The van der Waals surface area contributed by atoms with Crippen LogP contribution in [-0.2, 0) is 11.2 Å². The van der Waals surface area contributed by atoms with Gasteiger partial charge in [0.05, 0.1) is 10.9 Å². The standard InChI is InChI=1S/C16H13N5OS/c22-16(15-9-11-3-1-2-4-14(11)23-15)18-12-5-7-13(8-6-12)21-10-17-19-20-21/h1-8,10,15H,9H2,(H,18,22)/t15-/m1/s1. The number of hydrogen-bond acceptors (Lipinski definition) is 5. The van der Waals surface area contributed by atoms with Crippen LogP contribution >= 0.6 is 11.8 Å². The Kier molecular flexibility index (Phi) is 3.55. The van der Waals surface area contributed by atoms with Crippen molar-refractivity contribution in [1.29, 1.82) is 0 Å². The van der Waals surface area contributed by atoms with Crippen molar-refractivity contribution in [3.05, 3.63) is 60.4 Å². The minimum atomic E-state index is -0.0772. The van der Waals surface area contributed by atoms with Gasteiger partial charge < -0.3 is 5.32 Å². The maximum absolute atomic E-state index is 12.4. The summed E-state index contributed by atoms with van der Waals surface area (Å²) in [5.41, 5.74) is 2.85. The van der Waals surface area contributed by atoms with Crippen molar-refractivity contribution < 1.29 is 4.79 Å². The number of benzene rings is 2. The van der Waals surface area contributed by atoms with E-state index < -0.39 is 0 Å². The molecular weight excluding hydrogens is 310 g/mol. The molecule has 0 aliphatic carbocycles. The quantitative estimate of drug-likeness (QED) is 0.801. The Morgan fingerprint density at radius 3 is 2.74 bits per heavy atom. The number of carbonyl (C=O) groups is 1. The van der Waals surface area contributed by atoms with Gasteiger partial charge in [-0.1, -0.05) is 18.2 Å². The molecule has 1 amide bonds. The number of tetrazole rings is 1. The third-order valence-electron chi connectivity index (χ3n) is 3.69. The number of carbonyl (C=O) groups excluding carboxylic acids is 1. The molecule has 0 radical (unpaired) electrons. The van der Waals surface area contributed by atoms with Gasteiger partial charge in [0.1, 0.15) is 6.33 Å². The lowest BCUT2D eigenvalue weighted by Gasteiger charge is -2.10. The highest BCUT2D eigenvalue weighted by atomic mass is 32.2. The monoisotopic (exact) mass is 323 g/mol. The molecule has 0 saturated heterocycles. The maximum Gasteiger partial charge on any atom is 0.238 e. The first-order chi connectivity index (χ1) is 11.3. The van der Waals surface area contributed by atoms with Crippen LogP contribution in [0.3, 0.4) is 0 Å². The summed E-state index contributed by atoms with van der Waals surface area (Å²) < 4.78 is 1.56. The van der Waals surface area contributed by atoms with Gasteiger partial charge in [-0.2, -0.15) is 0 Å². The van der Waals surface area contributed by atoms with E-state index >= 15 is 0 Å². The van der Waals surface area contributed by atoms with Gasteiger partial charge in [-0.3, -0.25) is 4.79 Å². The first kappa shape index (κ1) is 14.0. The number of anilines is 1. The number of rotatable bonds is 3. The molecule has 1 atom stereocenters. The van der Waals surface area contributed by atoms with Gasteiger partial charge in [-0.25, -0.2) is 4.68 Å². The second-order valence-corrected chi connectivity index (χ2v) is 6.45. The fourth-order valence-electron chi connectivity index (χ4n) is 2.53. The molecule has 0 saturated carbocycles. The third kappa shape index (κ3) is 2.83. The predicted octanol–water partition coefficient (Wildman–Crippen LogP) is 2.32. The molecule has 2 heterocycles. The lowest BCUT2D eigenvalue weighted by Crippen LogP contribution is -2.24. The van der Waals surface area contributed by atoms with Crippen LogP contribution in [0.1, 0.15) is 5.56 Å². The van der Waals surface area contributed by atoms with Gasteiger partial charge in [-0.15, -0.1) is 16.9 Å². The van der Waals surface area contributed by atoms with Crippen LogP contribution in [0.15, 0.2) is 59.8 Å². The molecule has 4 rings (SSSR count). The molecule has 23 heavy (non-hydrogen) atoms. The largest absolute Gasteiger partial charge is 0.325 e. The van der Waals surface area contributed by atoms with Gasteiger partial charge in [0.2, 0.25) is 5.91 Å². The lowest BCUT2D eigenvalue weighted by molar-refractivity contribution is -0.115. The lowest BCUT2D eigenvalue weighted by atomic mass is 10.1. The van der Waals surface area contributed by atoms with Crippen molar-refractivity contribution in [2.75, 3.05) is 5.32 Å². The van der Waals surface area contributed by atoms with E-state index in [2.05, 4.69) is 33.0 Å².